The Bertz CT molecular complexity index is 157. The van der Waals surface area contributed by atoms with Crippen LogP contribution in [0.2, 0.25) is 0 Å². The molecule has 0 saturated carbocycles. The van der Waals surface area contributed by atoms with Crippen molar-refractivity contribution in [3.8, 4) is 0 Å². The van der Waals surface area contributed by atoms with Crippen LogP contribution in [0.15, 0.2) is 0 Å². The van der Waals surface area contributed by atoms with E-state index in [0.29, 0.717) is 0 Å². The van der Waals surface area contributed by atoms with Crippen LogP contribution in [0, 0.1) is 0 Å². The molecule has 0 bridgehead atoms. The summed E-state index contributed by atoms with van der Waals surface area (Å²) < 4.78 is 0. The number of Topliss-reactive ketones (excluding diaryl/α,β-unsaturated/α-hetero) is 1. The molecule has 0 heterocycles. The van der Waals surface area contributed by atoms with E-state index < -0.39 is 24.3 Å². The van der Waals surface area contributed by atoms with E-state index in [2.05, 4.69) is 0 Å². The summed E-state index contributed by atoms with van der Waals surface area (Å²) in [5.74, 6) is -1.74. The van der Waals surface area contributed by atoms with Crippen LogP contribution in [0.4, 0.5) is 0 Å². The summed E-state index contributed by atoms with van der Waals surface area (Å²) >= 11 is 5.18. The van der Waals surface area contributed by atoms with Crippen LogP contribution in [0.1, 0.15) is 12.8 Å². The first kappa shape index (κ1) is 10.4. The maximum Gasteiger partial charge on any atom is 0.310 e. The molecule has 0 unspecified atom stereocenters. The first-order valence-electron chi connectivity index (χ1n) is 3.03. The van der Waals surface area contributed by atoms with Crippen LogP contribution >= 0.6 is 11.6 Å². The van der Waals surface area contributed by atoms with Crippen molar-refractivity contribution in [3.63, 3.8) is 0 Å². The Morgan fingerprint density at radius 1 is 1.45 bits per heavy atom. The molecular formula is C6H9ClO4. The quantitative estimate of drug-likeness (QED) is 0.462. The summed E-state index contributed by atoms with van der Waals surface area (Å²) in [6.07, 6.45) is -1.66. The molecule has 0 spiro atoms. The fourth-order valence-corrected chi connectivity index (χ4v) is 0.667. The van der Waals surface area contributed by atoms with Crippen molar-refractivity contribution in [2.75, 3.05) is 5.88 Å². The Morgan fingerprint density at radius 2 is 2.00 bits per heavy atom. The Kier molecular flexibility index (Phi) is 4.81. The lowest BCUT2D eigenvalue weighted by Gasteiger charge is -2.02. The van der Waals surface area contributed by atoms with Gasteiger partial charge in [0.15, 0.2) is 0 Å². The van der Waals surface area contributed by atoms with Crippen molar-refractivity contribution in [3.05, 3.63) is 0 Å². The second-order valence-corrected chi connectivity index (χ2v) is 2.43. The van der Waals surface area contributed by atoms with Gasteiger partial charge in [-0.2, -0.15) is 0 Å². The van der Waals surface area contributed by atoms with E-state index >= 15 is 0 Å². The number of aliphatic hydroxyl groups is 1. The van der Waals surface area contributed by atoms with Gasteiger partial charge >= 0.3 is 5.97 Å². The van der Waals surface area contributed by atoms with E-state index in [9.17, 15) is 9.59 Å². The first-order chi connectivity index (χ1) is 5.06. The normalized spacial score (nSPS) is 12.5. The topological polar surface area (TPSA) is 74.6 Å². The van der Waals surface area contributed by atoms with Gasteiger partial charge in [-0.25, -0.2) is 0 Å². The average Bonchev–Trinajstić information content (AvgIpc) is 1.85. The lowest BCUT2D eigenvalue weighted by molar-refractivity contribution is -0.140. The molecule has 0 fully saturated rings. The Labute approximate surface area is 68.8 Å². The number of carboxylic acid groups (broad SMARTS) is 1. The largest absolute Gasteiger partial charge is 0.481 e. The van der Waals surface area contributed by atoms with Gasteiger partial charge in [-0.15, -0.1) is 11.6 Å². The molecule has 0 aliphatic heterocycles. The molecule has 4 nitrogen and oxygen atoms in total. The van der Waals surface area contributed by atoms with Crippen molar-refractivity contribution >= 4 is 23.4 Å². The summed E-state index contributed by atoms with van der Waals surface area (Å²) in [5, 5.41) is 16.9. The van der Waals surface area contributed by atoms with Crippen molar-refractivity contribution in [2.45, 2.75) is 18.9 Å². The monoisotopic (exact) mass is 180 g/mol. The van der Waals surface area contributed by atoms with Crippen molar-refractivity contribution < 1.29 is 19.8 Å². The van der Waals surface area contributed by atoms with Gasteiger partial charge in [0.05, 0.1) is 6.10 Å². The molecule has 0 aliphatic carbocycles. The maximum atomic E-state index is 10.6. The second-order valence-electron chi connectivity index (χ2n) is 2.12. The predicted octanol–water partition coefficient (Wildman–Crippen LogP) is 0.0200. The highest BCUT2D eigenvalue weighted by atomic mass is 35.5. The highest BCUT2D eigenvalue weighted by molar-refractivity contribution is 6.18. The highest BCUT2D eigenvalue weighted by Crippen LogP contribution is 1.98. The maximum absolute atomic E-state index is 10.6. The number of halogens is 1. The standard InChI is InChI=1S/C6H9ClO4/c7-3-5(9)1-4(8)2-6(10)11/h5,9H,1-3H2,(H,10,11)/t5-/m1/s1. The number of aliphatic carboxylic acids is 1. The zero-order valence-corrected chi connectivity index (χ0v) is 6.54. The van der Waals surface area contributed by atoms with Gasteiger partial charge in [0.25, 0.3) is 0 Å². The number of carbonyl (C=O) groups is 2. The van der Waals surface area contributed by atoms with E-state index in [4.69, 9.17) is 21.8 Å². The van der Waals surface area contributed by atoms with Crippen molar-refractivity contribution in [1.29, 1.82) is 0 Å². The number of ketones is 1. The predicted molar refractivity (Wildman–Crippen MR) is 38.6 cm³/mol. The molecule has 0 rings (SSSR count). The minimum atomic E-state index is -1.18. The summed E-state index contributed by atoms with van der Waals surface area (Å²) in [6, 6.07) is 0. The lowest BCUT2D eigenvalue weighted by Crippen LogP contribution is -2.17. The molecule has 0 amide bonds. The third-order valence-electron chi connectivity index (χ3n) is 0.990. The van der Waals surface area contributed by atoms with Crippen LogP contribution in [0.3, 0.4) is 0 Å². The molecule has 5 heteroatoms. The van der Waals surface area contributed by atoms with Gasteiger partial charge in [0, 0.05) is 12.3 Å². The molecule has 0 aliphatic rings. The van der Waals surface area contributed by atoms with E-state index in [1.807, 2.05) is 0 Å². The fourth-order valence-electron chi connectivity index (χ4n) is 0.558. The number of alkyl halides is 1. The number of hydrogen-bond donors (Lipinski definition) is 2. The minimum Gasteiger partial charge on any atom is -0.481 e. The molecule has 0 aromatic heterocycles. The van der Waals surface area contributed by atoms with Crippen molar-refractivity contribution in [2.24, 2.45) is 0 Å². The molecule has 0 saturated heterocycles. The van der Waals surface area contributed by atoms with Crippen molar-refractivity contribution in [1.82, 2.24) is 0 Å². The lowest BCUT2D eigenvalue weighted by atomic mass is 10.1. The molecule has 2 N–H and O–H groups in total. The van der Waals surface area contributed by atoms with Crippen LogP contribution in [-0.2, 0) is 9.59 Å². The summed E-state index contributed by atoms with van der Waals surface area (Å²) in [7, 11) is 0. The van der Waals surface area contributed by atoms with Crippen LogP contribution in [0.25, 0.3) is 0 Å². The molecule has 0 aromatic rings. The third kappa shape index (κ3) is 5.82. The number of rotatable bonds is 5. The molecule has 64 valence electrons. The fraction of sp³-hybridized carbons (Fsp3) is 0.667. The van der Waals surface area contributed by atoms with Gasteiger partial charge in [0.1, 0.15) is 12.2 Å². The smallest absolute Gasteiger partial charge is 0.310 e. The number of carbonyl (C=O) groups excluding carboxylic acids is 1. The number of hydrogen-bond acceptors (Lipinski definition) is 3. The van der Waals surface area contributed by atoms with E-state index in [1.165, 1.54) is 0 Å². The molecular weight excluding hydrogens is 172 g/mol. The summed E-state index contributed by atoms with van der Waals surface area (Å²) in [4.78, 5) is 20.6. The van der Waals surface area contributed by atoms with Gasteiger partial charge in [0.2, 0.25) is 0 Å². The number of carboxylic acids is 1. The summed E-state index contributed by atoms with van der Waals surface area (Å²) in [5.41, 5.74) is 0. The Morgan fingerprint density at radius 3 is 2.36 bits per heavy atom. The van der Waals surface area contributed by atoms with Gasteiger partial charge in [-0.3, -0.25) is 9.59 Å². The molecule has 1 atom stereocenters. The Balaban J connectivity index is 3.60. The van der Waals surface area contributed by atoms with E-state index in [1.54, 1.807) is 0 Å². The SMILES string of the molecule is O=C(O)CC(=O)C[C@@H](O)CCl. The second kappa shape index (κ2) is 5.09. The number of aliphatic hydroxyl groups excluding tert-OH is 1. The van der Waals surface area contributed by atoms with E-state index in [0.717, 1.165) is 0 Å². The molecule has 11 heavy (non-hydrogen) atoms. The van der Waals surface area contributed by atoms with Crippen LogP contribution in [0.5, 0.6) is 0 Å². The zero-order chi connectivity index (χ0) is 8.85. The average molecular weight is 181 g/mol. The zero-order valence-electron chi connectivity index (χ0n) is 5.79. The third-order valence-corrected chi connectivity index (χ3v) is 1.35. The minimum absolute atomic E-state index is 0.0502. The molecule has 0 radical (unpaired) electrons. The van der Waals surface area contributed by atoms with Crippen LogP contribution in [-0.4, -0.2) is 33.9 Å². The highest BCUT2D eigenvalue weighted by Gasteiger charge is 2.12. The van der Waals surface area contributed by atoms with Gasteiger partial charge in [-0.1, -0.05) is 0 Å². The van der Waals surface area contributed by atoms with E-state index in [-0.39, 0.29) is 12.3 Å². The Hall–Kier alpha value is -0.610. The van der Waals surface area contributed by atoms with Gasteiger partial charge < -0.3 is 10.2 Å². The van der Waals surface area contributed by atoms with Gasteiger partial charge in [-0.05, 0) is 0 Å². The first-order valence-corrected chi connectivity index (χ1v) is 3.57. The summed E-state index contributed by atoms with van der Waals surface area (Å²) in [6.45, 7) is 0. The molecule has 0 aromatic carbocycles. The van der Waals surface area contributed by atoms with Crippen LogP contribution < -0.4 is 0 Å².